The third kappa shape index (κ3) is 4.50. The second-order valence-corrected chi connectivity index (χ2v) is 9.07. The molecular weight excluding hydrogens is 426 g/mol. The van der Waals surface area contributed by atoms with Gasteiger partial charge in [0.15, 0.2) is 5.78 Å². The largest absolute Gasteiger partial charge is 0.478 e. The van der Waals surface area contributed by atoms with E-state index in [1.165, 1.54) is 0 Å². The van der Waals surface area contributed by atoms with E-state index in [2.05, 4.69) is 15.3 Å². The van der Waals surface area contributed by atoms with Crippen molar-refractivity contribution in [2.24, 2.45) is 5.92 Å². The Hall–Kier alpha value is -3.77. The molecule has 3 N–H and O–H groups in total. The number of Topliss-reactive ketones (excluding diaryl/α,β-unsaturated/α-hetero) is 1. The maximum absolute atomic E-state index is 12.7. The van der Waals surface area contributed by atoms with Crippen LogP contribution in [0.4, 0.5) is 0 Å². The van der Waals surface area contributed by atoms with Gasteiger partial charge in [-0.2, -0.15) is 0 Å². The van der Waals surface area contributed by atoms with E-state index in [-0.39, 0.29) is 11.3 Å². The van der Waals surface area contributed by atoms with Crippen LogP contribution in [0.25, 0.3) is 33.5 Å². The molecule has 1 saturated heterocycles. The zero-order valence-corrected chi connectivity index (χ0v) is 19.1. The summed E-state index contributed by atoms with van der Waals surface area (Å²) in [6.07, 6.45) is 2.76. The highest BCUT2D eigenvalue weighted by Crippen LogP contribution is 2.28. The number of aromatic nitrogens is 2. The van der Waals surface area contributed by atoms with E-state index in [4.69, 9.17) is 0 Å². The van der Waals surface area contributed by atoms with Crippen molar-refractivity contribution >= 4 is 22.8 Å². The number of H-pyrrole nitrogens is 1. The molecule has 0 saturated carbocycles. The Balaban J connectivity index is 1.33. The fourth-order valence-electron chi connectivity index (χ4n) is 4.70. The van der Waals surface area contributed by atoms with Gasteiger partial charge in [-0.15, -0.1) is 0 Å². The van der Waals surface area contributed by atoms with Crippen LogP contribution in [-0.2, 0) is 0 Å². The van der Waals surface area contributed by atoms with Crippen molar-refractivity contribution in [3.63, 3.8) is 0 Å². The number of ketones is 1. The van der Waals surface area contributed by atoms with Gasteiger partial charge in [0.2, 0.25) is 0 Å². The summed E-state index contributed by atoms with van der Waals surface area (Å²) in [5.74, 6) is 0.345. The Bertz CT molecular complexity index is 1350. The normalized spacial score (nSPS) is 14.4. The third-order valence-corrected chi connectivity index (χ3v) is 6.59. The lowest BCUT2D eigenvalue weighted by Crippen LogP contribution is -2.28. The highest BCUT2D eigenvalue weighted by molar-refractivity contribution is 6.02. The summed E-state index contributed by atoms with van der Waals surface area (Å²) in [4.78, 5) is 32.1. The van der Waals surface area contributed by atoms with E-state index < -0.39 is 5.97 Å². The van der Waals surface area contributed by atoms with Crippen LogP contribution < -0.4 is 5.32 Å². The van der Waals surface area contributed by atoms with Gasteiger partial charge < -0.3 is 15.4 Å². The molecule has 0 amide bonds. The Morgan fingerprint density at radius 3 is 2.21 bits per heavy atom. The van der Waals surface area contributed by atoms with Gasteiger partial charge in [-0.05, 0) is 67.6 Å². The lowest BCUT2D eigenvalue weighted by atomic mass is 9.90. The van der Waals surface area contributed by atoms with E-state index in [0.29, 0.717) is 29.2 Å². The molecule has 3 aromatic carbocycles. The van der Waals surface area contributed by atoms with Crippen LogP contribution in [0, 0.1) is 12.8 Å². The van der Waals surface area contributed by atoms with Gasteiger partial charge in [-0.25, -0.2) is 9.78 Å². The molecule has 1 aromatic heterocycles. The van der Waals surface area contributed by atoms with Crippen LogP contribution in [0.3, 0.4) is 0 Å². The van der Waals surface area contributed by atoms with E-state index in [1.807, 2.05) is 61.5 Å². The Morgan fingerprint density at radius 1 is 0.941 bits per heavy atom. The van der Waals surface area contributed by atoms with Crippen molar-refractivity contribution in [2.45, 2.75) is 26.2 Å². The highest BCUT2D eigenvalue weighted by Gasteiger charge is 2.18. The van der Waals surface area contributed by atoms with Crippen molar-refractivity contribution in [1.29, 1.82) is 0 Å². The fourth-order valence-corrected chi connectivity index (χ4v) is 4.70. The molecule has 1 aliphatic heterocycles. The number of carbonyl (C=O) groups is 2. The molecule has 4 aromatic rings. The SMILES string of the molecule is Cc1cc(C(=O)O)c2nc(-c3ccc(-c4ccc(C(=O)CC5CCNCC5)cc4)cc3)[nH]c2c1. The van der Waals surface area contributed by atoms with Crippen molar-refractivity contribution in [3.05, 3.63) is 77.4 Å². The van der Waals surface area contributed by atoms with Crippen molar-refractivity contribution < 1.29 is 14.7 Å². The predicted octanol–water partition coefficient (Wildman–Crippen LogP) is 5.48. The molecule has 0 spiro atoms. The monoisotopic (exact) mass is 453 g/mol. The topological polar surface area (TPSA) is 95.1 Å². The van der Waals surface area contributed by atoms with E-state index in [1.54, 1.807) is 6.07 Å². The first kappa shape index (κ1) is 22.0. The number of aromatic carboxylic acids is 1. The minimum atomic E-state index is -0.986. The first-order valence-corrected chi connectivity index (χ1v) is 11.7. The molecule has 2 heterocycles. The summed E-state index contributed by atoms with van der Waals surface area (Å²) in [7, 11) is 0. The quantitative estimate of drug-likeness (QED) is 0.336. The molecule has 1 aliphatic rings. The number of fused-ring (bicyclic) bond motifs is 1. The number of carbonyl (C=O) groups excluding carboxylic acids is 1. The van der Waals surface area contributed by atoms with E-state index >= 15 is 0 Å². The second-order valence-electron chi connectivity index (χ2n) is 9.07. The average Bonchev–Trinajstić information content (AvgIpc) is 3.28. The zero-order valence-electron chi connectivity index (χ0n) is 19.1. The number of nitrogens with one attached hydrogen (secondary N) is 2. The average molecular weight is 454 g/mol. The van der Waals surface area contributed by atoms with Crippen LogP contribution in [-0.4, -0.2) is 39.9 Å². The van der Waals surface area contributed by atoms with E-state index in [9.17, 15) is 14.7 Å². The number of aryl methyl sites for hydroxylation is 1. The maximum atomic E-state index is 12.7. The number of piperidine rings is 1. The van der Waals surface area contributed by atoms with Gasteiger partial charge in [0.05, 0.1) is 11.1 Å². The predicted molar refractivity (Wildman–Crippen MR) is 133 cm³/mol. The molecular formula is C28H27N3O3. The molecule has 6 nitrogen and oxygen atoms in total. The van der Waals surface area contributed by atoms with Crippen molar-refractivity contribution in [3.8, 4) is 22.5 Å². The Morgan fingerprint density at radius 2 is 1.56 bits per heavy atom. The number of nitrogens with zero attached hydrogens (tertiary/aromatic N) is 1. The first-order valence-electron chi connectivity index (χ1n) is 11.7. The first-order chi connectivity index (χ1) is 16.5. The standard InChI is InChI=1S/C28H27N3O3/c1-17-14-23(28(33)34)26-24(15-17)30-27(31-26)22-8-4-20(5-9-22)19-2-6-21(7-3-19)25(32)16-18-10-12-29-13-11-18/h2-9,14-15,18,29H,10-13,16H2,1H3,(H,30,31)(H,33,34). The number of hydrogen-bond donors (Lipinski definition) is 3. The number of aromatic amines is 1. The minimum Gasteiger partial charge on any atom is -0.478 e. The number of imidazole rings is 1. The molecule has 1 fully saturated rings. The summed E-state index contributed by atoms with van der Waals surface area (Å²) in [5, 5.41) is 12.9. The van der Waals surface area contributed by atoms with Crippen LogP contribution in [0.2, 0.25) is 0 Å². The molecule has 0 aliphatic carbocycles. The highest BCUT2D eigenvalue weighted by atomic mass is 16.4. The van der Waals surface area contributed by atoms with Crippen LogP contribution in [0.1, 0.15) is 45.5 Å². The van der Waals surface area contributed by atoms with Gasteiger partial charge in [0.25, 0.3) is 0 Å². The lowest BCUT2D eigenvalue weighted by Gasteiger charge is -2.21. The molecule has 0 unspecified atom stereocenters. The maximum Gasteiger partial charge on any atom is 0.337 e. The molecule has 172 valence electrons. The smallest absolute Gasteiger partial charge is 0.337 e. The van der Waals surface area contributed by atoms with Crippen LogP contribution >= 0.6 is 0 Å². The number of carboxylic acid groups (broad SMARTS) is 1. The Kier molecular flexibility index (Phi) is 5.99. The Labute approximate surface area is 198 Å². The molecule has 0 atom stereocenters. The summed E-state index contributed by atoms with van der Waals surface area (Å²) in [6.45, 7) is 3.87. The molecule has 5 rings (SSSR count). The van der Waals surface area contributed by atoms with Crippen LogP contribution in [0.15, 0.2) is 60.7 Å². The lowest BCUT2D eigenvalue weighted by molar-refractivity contribution is 0.0698. The van der Waals surface area contributed by atoms with Crippen molar-refractivity contribution in [2.75, 3.05) is 13.1 Å². The van der Waals surface area contributed by atoms with E-state index in [0.717, 1.165) is 53.7 Å². The summed E-state index contributed by atoms with van der Waals surface area (Å²) >= 11 is 0. The van der Waals surface area contributed by atoms with Gasteiger partial charge in [0.1, 0.15) is 11.3 Å². The summed E-state index contributed by atoms with van der Waals surface area (Å²) < 4.78 is 0. The van der Waals surface area contributed by atoms with Gasteiger partial charge in [-0.1, -0.05) is 48.5 Å². The second kappa shape index (κ2) is 9.23. The van der Waals surface area contributed by atoms with Gasteiger partial charge in [-0.3, -0.25) is 4.79 Å². The zero-order chi connectivity index (χ0) is 23.7. The van der Waals surface area contributed by atoms with Gasteiger partial charge in [0, 0.05) is 17.5 Å². The number of benzene rings is 3. The summed E-state index contributed by atoms with van der Waals surface area (Å²) in [6, 6.07) is 19.3. The fraction of sp³-hybridized carbons (Fsp3) is 0.250. The van der Waals surface area contributed by atoms with Crippen molar-refractivity contribution in [1.82, 2.24) is 15.3 Å². The number of rotatable bonds is 6. The molecule has 34 heavy (non-hydrogen) atoms. The molecule has 0 bridgehead atoms. The third-order valence-electron chi connectivity index (χ3n) is 6.59. The van der Waals surface area contributed by atoms with Gasteiger partial charge >= 0.3 is 5.97 Å². The minimum absolute atomic E-state index is 0.198. The number of hydrogen-bond acceptors (Lipinski definition) is 4. The van der Waals surface area contributed by atoms with Crippen LogP contribution in [0.5, 0.6) is 0 Å². The summed E-state index contributed by atoms with van der Waals surface area (Å²) in [5.41, 5.74) is 5.96. The number of carboxylic acids is 1. The molecule has 6 heteroatoms. The molecule has 0 radical (unpaired) electrons.